The standard InChI is InChI=1S/C59H94O6/c1-4-7-10-13-16-18-20-22-24-26-27-28-29-30-31-33-34-36-38-40-43-46-49-52-58(61)64-55-56(54-63-57(60)51-48-45-42-15-12-9-6-3)65-59(62)53-50-47-44-41-39-37-35-32-25-23-21-19-17-14-11-8-5-2/h7-8,10-11,16-19,22-25,27-28,30-31,34-37,56H,4-6,9,12-15,20-21,26,29,32-33,38-55H2,1-3H3/b10-7-,11-8-,18-16-,19-17-,24-22-,25-23-,28-27-,31-30-,36-34-,37-35-. The van der Waals surface area contributed by atoms with Gasteiger partial charge in [0.15, 0.2) is 6.10 Å². The fraction of sp³-hybridized carbons (Fsp3) is 0.610. The lowest BCUT2D eigenvalue weighted by Gasteiger charge is -2.18. The Morgan fingerprint density at radius 2 is 0.600 bits per heavy atom. The number of esters is 3. The average molecular weight is 899 g/mol. The Bertz CT molecular complexity index is 1400. The molecule has 0 spiro atoms. The Morgan fingerprint density at radius 3 is 0.938 bits per heavy atom. The van der Waals surface area contributed by atoms with Gasteiger partial charge in [-0.2, -0.15) is 0 Å². The van der Waals surface area contributed by atoms with Crippen LogP contribution in [0, 0.1) is 0 Å². The smallest absolute Gasteiger partial charge is 0.306 e. The molecule has 0 rings (SSSR count). The minimum absolute atomic E-state index is 0.0994. The number of ether oxygens (including phenoxy) is 3. The number of unbranched alkanes of at least 4 members (excludes halogenated alkanes) is 14. The highest BCUT2D eigenvalue weighted by Crippen LogP contribution is 2.12. The molecule has 65 heavy (non-hydrogen) atoms. The maximum atomic E-state index is 12.8. The van der Waals surface area contributed by atoms with E-state index in [0.29, 0.717) is 19.3 Å². The van der Waals surface area contributed by atoms with E-state index in [1.807, 2.05) is 0 Å². The topological polar surface area (TPSA) is 78.9 Å². The zero-order valence-corrected chi connectivity index (χ0v) is 41.7. The van der Waals surface area contributed by atoms with Crippen LogP contribution in [-0.2, 0) is 28.6 Å². The van der Waals surface area contributed by atoms with E-state index < -0.39 is 6.10 Å². The van der Waals surface area contributed by atoms with E-state index >= 15 is 0 Å². The Balaban J connectivity index is 4.36. The monoisotopic (exact) mass is 899 g/mol. The van der Waals surface area contributed by atoms with Crippen molar-refractivity contribution in [1.29, 1.82) is 0 Å². The Labute approximate surface area is 399 Å². The van der Waals surface area contributed by atoms with E-state index in [0.717, 1.165) is 148 Å². The van der Waals surface area contributed by atoms with Crippen LogP contribution >= 0.6 is 0 Å². The van der Waals surface area contributed by atoms with Crippen molar-refractivity contribution in [2.75, 3.05) is 13.2 Å². The number of hydrogen-bond donors (Lipinski definition) is 0. The van der Waals surface area contributed by atoms with Crippen LogP contribution in [0.3, 0.4) is 0 Å². The molecule has 0 aromatic heterocycles. The molecule has 6 heteroatoms. The van der Waals surface area contributed by atoms with Gasteiger partial charge in [0.2, 0.25) is 0 Å². The van der Waals surface area contributed by atoms with E-state index in [1.165, 1.54) is 25.7 Å². The number of rotatable bonds is 45. The van der Waals surface area contributed by atoms with Gasteiger partial charge in [-0.1, -0.05) is 206 Å². The van der Waals surface area contributed by atoms with Crippen molar-refractivity contribution in [3.8, 4) is 0 Å². The first kappa shape index (κ1) is 60.8. The average Bonchev–Trinajstić information content (AvgIpc) is 3.30. The lowest BCUT2D eigenvalue weighted by molar-refractivity contribution is -0.167. The third-order valence-corrected chi connectivity index (χ3v) is 10.5. The van der Waals surface area contributed by atoms with Gasteiger partial charge in [0.05, 0.1) is 0 Å². The van der Waals surface area contributed by atoms with Crippen molar-refractivity contribution in [3.05, 3.63) is 122 Å². The van der Waals surface area contributed by atoms with E-state index in [9.17, 15) is 14.4 Å². The van der Waals surface area contributed by atoms with Crippen LogP contribution in [0.4, 0.5) is 0 Å². The van der Waals surface area contributed by atoms with Gasteiger partial charge in [-0.3, -0.25) is 14.4 Å². The molecule has 6 nitrogen and oxygen atoms in total. The van der Waals surface area contributed by atoms with Gasteiger partial charge in [-0.05, 0) is 109 Å². The predicted molar refractivity (Wildman–Crippen MR) is 279 cm³/mol. The van der Waals surface area contributed by atoms with Crippen molar-refractivity contribution >= 4 is 17.9 Å². The molecule has 1 atom stereocenters. The van der Waals surface area contributed by atoms with Crippen molar-refractivity contribution in [2.24, 2.45) is 0 Å². The third kappa shape index (κ3) is 50.7. The molecular weight excluding hydrogens is 805 g/mol. The summed E-state index contributed by atoms with van der Waals surface area (Å²) in [6.45, 7) is 6.30. The number of carbonyl (C=O) groups excluding carboxylic acids is 3. The van der Waals surface area contributed by atoms with Gasteiger partial charge in [0.1, 0.15) is 13.2 Å². The summed E-state index contributed by atoms with van der Waals surface area (Å²) in [5.41, 5.74) is 0. The summed E-state index contributed by atoms with van der Waals surface area (Å²) in [5.74, 6) is -0.964. The highest BCUT2D eigenvalue weighted by Gasteiger charge is 2.19. The van der Waals surface area contributed by atoms with Crippen molar-refractivity contribution in [1.82, 2.24) is 0 Å². The van der Waals surface area contributed by atoms with Gasteiger partial charge in [-0.15, -0.1) is 0 Å². The number of hydrogen-bond acceptors (Lipinski definition) is 6. The molecule has 0 radical (unpaired) electrons. The molecule has 0 fully saturated rings. The molecule has 0 aromatic carbocycles. The van der Waals surface area contributed by atoms with Crippen molar-refractivity contribution in [2.45, 2.75) is 219 Å². The Morgan fingerprint density at radius 1 is 0.323 bits per heavy atom. The fourth-order valence-corrected chi connectivity index (χ4v) is 6.61. The summed E-state index contributed by atoms with van der Waals surface area (Å²) in [7, 11) is 0. The van der Waals surface area contributed by atoms with Gasteiger partial charge < -0.3 is 14.2 Å². The van der Waals surface area contributed by atoms with Crippen molar-refractivity contribution in [3.63, 3.8) is 0 Å². The SMILES string of the molecule is CC/C=C\C/C=C\C/C=C\C/C=C\C/C=C\C/C=C\CCCCCCC(=O)OCC(COC(=O)CCCCCCCCC)OC(=O)CCCCCC/C=C\C/C=C\C/C=C\C/C=C\CC. The molecule has 366 valence electrons. The Kier molecular flexibility index (Phi) is 49.1. The van der Waals surface area contributed by atoms with Gasteiger partial charge in [-0.25, -0.2) is 0 Å². The molecule has 0 aliphatic rings. The molecule has 1 unspecified atom stereocenters. The second kappa shape index (κ2) is 52.4. The molecule has 0 saturated heterocycles. The molecule has 0 saturated carbocycles. The molecule has 0 N–H and O–H groups in total. The summed E-state index contributed by atoms with van der Waals surface area (Å²) >= 11 is 0. The van der Waals surface area contributed by atoms with Crippen LogP contribution in [0.5, 0.6) is 0 Å². The first-order valence-corrected chi connectivity index (χ1v) is 26.0. The molecular formula is C59H94O6. The highest BCUT2D eigenvalue weighted by atomic mass is 16.6. The van der Waals surface area contributed by atoms with Crippen LogP contribution in [0.25, 0.3) is 0 Å². The molecule has 0 aliphatic carbocycles. The van der Waals surface area contributed by atoms with E-state index in [2.05, 4.69) is 142 Å². The van der Waals surface area contributed by atoms with Gasteiger partial charge in [0, 0.05) is 19.3 Å². The predicted octanol–water partition coefficient (Wildman–Crippen LogP) is 17.3. The largest absolute Gasteiger partial charge is 0.462 e. The third-order valence-electron chi connectivity index (χ3n) is 10.5. The summed E-state index contributed by atoms with van der Waals surface area (Å²) in [5, 5.41) is 0. The summed E-state index contributed by atoms with van der Waals surface area (Å²) in [6, 6.07) is 0. The normalized spacial score (nSPS) is 13.1. The number of carbonyl (C=O) groups is 3. The molecule has 0 bridgehead atoms. The minimum Gasteiger partial charge on any atom is -0.462 e. The van der Waals surface area contributed by atoms with Crippen molar-refractivity contribution < 1.29 is 28.6 Å². The summed E-state index contributed by atoms with van der Waals surface area (Å²) in [4.78, 5) is 37.8. The van der Waals surface area contributed by atoms with Crippen LogP contribution in [0.2, 0.25) is 0 Å². The summed E-state index contributed by atoms with van der Waals surface area (Å²) in [6.07, 6.45) is 72.0. The first-order valence-electron chi connectivity index (χ1n) is 26.0. The quantitative estimate of drug-likeness (QED) is 0.0262. The van der Waals surface area contributed by atoms with Gasteiger partial charge >= 0.3 is 17.9 Å². The first-order chi connectivity index (χ1) is 32.0. The maximum absolute atomic E-state index is 12.8. The fourth-order valence-electron chi connectivity index (χ4n) is 6.61. The molecule has 0 heterocycles. The molecule has 0 aliphatic heterocycles. The Hall–Kier alpha value is -4.19. The van der Waals surface area contributed by atoms with Crippen LogP contribution in [0.1, 0.15) is 213 Å². The molecule has 0 aromatic rings. The zero-order valence-electron chi connectivity index (χ0n) is 41.7. The second-order valence-electron chi connectivity index (χ2n) is 16.7. The van der Waals surface area contributed by atoms with E-state index in [1.54, 1.807) is 0 Å². The van der Waals surface area contributed by atoms with E-state index in [4.69, 9.17) is 14.2 Å². The lowest BCUT2D eigenvalue weighted by Crippen LogP contribution is -2.30. The van der Waals surface area contributed by atoms with E-state index in [-0.39, 0.29) is 31.1 Å². The lowest BCUT2D eigenvalue weighted by atomic mass is 10.1. The zero-order chi connectivity index (χ0) is 47.2. The second-order valence-corrected chi connectivity index (χ2v) is 16.7. The van der Waals surface area contributed by atoms with Gasteiger partial charge in [0.25, 0.3) is 0 Å². The number of allylic oxidation sites excluding steroid dienone is 20. The summed E-state index contributed by atoms with van der Waals surface area (Å²) < 4.78 is 16.7. The maximum Gasteiger partial charge on any atom is 0.306 e. The van der Waals surface area contributed by atoms with Crippen LogP contribution < -0.4 is 0 Å². The highest BCUT2D eigenvalue weighted by molar-refractivity contribution is 5.71. The van der Waals surface area contributed by atoms with Crippen LogP contribution in [0.15, 0.2) is 122 Å². The molecule has 0 amide bonds. The van der Waals surface area contributed by atoms with Crippen LogP contribution in [-0.4, -0.2) is 37.2 Å². The minimum atomic E-state index is -0.802.